The SMILES string of the molecule is CN(C)C1CCN(C(=O)c2ccc(Br)c(C(F)(F)F)c2)C1. The van der Waals surface area contributed by atoms with Crippen LogP contribution in [-0.2, 0) is 6.18 Å². The van der Waals surface area contributed by atoms with Crippen molar-refractivity contribution in [2.75, 3.05) is 27.2 Å². The molecule has 1 amide bonds. The van der Waals surface area contributed by atoms with E-state index in [4.69, 9.17) is 0 Å². The van der Waals surface area contributed by atoms with Gasteiger partial charge in [-0.05, 0) is 38.7 Å². The van der Waals surface area contributed by atoms with Gasteiger partial charge in [0.1, 0.15) is 0 Å². The van der Waals surface area contributed by atoms with Gasteiger partial charge in [0.2, 0.25) is 0 Å². The summed E-state index contributed by atoms with van der Waals surface area (Å²) < 4.78 is 38.6. The van der Waals surface area contributed by atoms with E-state index in [-0.39, 0.29) is 22.0 Å². The molecule has 0 spiro atoms. The van der Waals surface area contributed by atoms with E-state index in [0.717, 1.165) is 12.5 Å². The number of likely N-dealkylation sites (tertiary alicyclic amines) is 1. The Hall–Kier alpha value is -1.08. The zero-order valence-corrected chi connectivity index (χ0v) is 13.3. The third-order valence-corrected chi connectivity index (χ3v) is 4.39. The minimum atomic E-state index is -4.48. The van der Waals surface area contributed by atoms with Crippen LogP contribution >= 0.6 is 15.9 Å². The standard InChI is InChI=1S/C14H16BrF3N2O/c1-19(2)10-5-6-20(8-10)13(21)9-3-4-12(15)11(7-9)14(16,17)18/h3-4,7,10H,5-6,8H2,1-2H3. The van der Waals surface area contributed by atoms with Crippen LogP contribution in [0, 0.1) is 0 Å². The highest BCUT2D eigenvalue weighted by Gasteiger charge is 2.35. The maximum atomic E-state index is 12.9. The number of nitrogens with zero attached hydrogens (tertiary/aromatic N) is 2. The van der Waals surface area contributed by atoms with Gasteiger partial charge in [-0.1, -0.05) is 15.9 Å². The topological polar surface area (TPSA) is 23.6 Å². The number of likely N-dealkylation sites (N-methyl/N-ethyl adjacent to an activating group) is 1. The predicted molar refractivity (Wildman–Crippen MR) is 77.1 cm³/mol. The van der Waals surface area contributed by atoms with E-state index in [0.29, 0.717) is 13.1 Å². The molecule has 1 aromatic rings. The van der Waals surface area contributed by atoms with Crippen molar-refractivity contribution in [1.82, 2.24) is 9.80 Å². The second-order valence-electron chi connectivity index (χ2n) is 5.35. The minimum absolute atomic E-state index is 0.0564. The smallest absolute Gasteiger partial charge is 0.337 e. The Kier molecular flexibility index (Phi) is 4.63. The Bertz CT molecular complexity index is 546. The first-order valence-corrected chi connectivity index (χ1v) is 7.32. The van der Waals surface area contributed by atoms with E-state index in [1.165, 1.54) is 12.1 Å². The third kappa shape index (κ3) is 3.58. The molecule has 1 saturated heterocycles. The van der Waals surface area contributed by atoms with Crippen LogP contribution < -0.4 is 0 Å². The highest BCUT2D eigenvalue weighted by atomic mass is 79.9. The lowest BCUT2D eigenvalue weighted by Gasteiger charge is -2.21. The van der Waals surface area contributed by atoms with Crippen molar-refractivity contribution in [3.63, 3.8) is 0 Å². The van der Waals surface area contributed by atoms with Crippen molar-refractivity contribution in [3.05, 3.63) is 33.8 Å². The summed E-state index contributed by atoms with van der Waals surface area (Å²) >= 11 is 2.88. The summed E-state index contributed by atoms with van der Waals surface area (Å²) in [7, 11) is 3.86. The molecule has 0 N–H and O–H groups in total. The van der Waals surface area contributed by atoms with Crippen LogP contribution in [0.2, 0.25) is 0 Å². The molecule has 1 unspecified atom stereocenters. The molecule has 2 rings (SSSR count). The molecule has 1 atom stereocenters. The summed E-state index contributed by atoms with van der Waals surface area (Å²) in [5.41, 5.74) is -0.748. The van der Waals surface area contributed by atoms with Gasteiger partial charge < -0.3 is 9.80 Å². The highest BCUT2D eigenvalue weighted by Crippen LogP contribution is 2.35. The summed E-state index contributed by atoms with van der Waals surface area (Å²) in [4.78, 5) is 16.0. The van der Waals surface area contributed by atoms with Gasteiger partial charge in [-0.3, -0.25) is 4.79 Å². The highest BCUT2D eigenvalue weighted by molar-refractivity contribution is 9.10. The minimum Gasteiger partial charge on any atom is -0.337 e. The van der Waals surface area contributed by atoms with Gasteiger partial charge in [-0.2, -0.15) is 13.2 Å². The third-order valence-electron chi connectivity index (χ3n) is 3.70. The van der Waals surface area contributed by atoms with Crippen LogP contribution in [0.5, 0.6) is 0 Å². The molecule has 0 saturated carbocycles. The maximum absolute atomic E-state index is 12.9. The van der Waals surface area contributed by atoms with Crippen LogP contribution in [-0.4, -0.2) is 48.9 Å². The molecular formula is C14H16BrF3N2O. The van der Waals surface area contributed by atoms with Crippen molar-refractivity contribution < 1.29 is 18.0 Å². The van der Waals surface area contributed by atoms with Gasteiger partial charge in [-0.25, -0.2) is 0 Å². The monoisotopic (exact) mass is 364 g/mol. The molecule has 116 valence electrons. The molecule has 1 aromatic carbocycles. The molecule has 1 fully saturated rings. The van der Waals surface area contributed by atoms with Crippen molar-refractivity contribution in [2.45, 2.75) is 18.6 Å². The van der Waals surface area contributed by atoms with E-state index >= 15 is 0 Å². The molecule has 0 radical (unpaired) electrons. The predicted octanol–water partition coefficient (Wildman–Crippen LogP) is 3.24. The lowest BCUT2D eigenvalue weighted by atomic mass is 10.1. The average Bonchev–Trinajstić information content (AvgIpc) is 2.86. The van der Waals surface area contributed by atoms with Gasteiger partial charge >= 0.3 is 6.18 Å². The van der Waals surface area contributed by atoms with Crippen molar-refractivity contribution in [1.29, 1.82) is 0 Å². The van der Waals surface area contributed by atoms with Crippen LogP contribution in [0.3, 0.4) is 0 Å². The van der Waals surface area contributed by atoms with Crippen LogP contribution in [0.25, 0.3) is 0 Å². The normalized spacial score (nSPS) is 19.4. The first-order chi connectivity index (χ1) is 9.70. The number of rotatable bonds is 2. The maximum Gasteiger partial charge on any atom is 0.417 e. The molecule has 0 aromatic heterocycles. The van der Waals surface area contributed by atoms with Crippen molar-refractivity contribution in [2.24, 2.45) is 0 Å². The second-order valence-corrected chi connectivity index (χ2v) is 6.20. The average molecular weight is 365 g/mol. The number of amides is 1. The zero-order valence-electron chi connectivity index (χ0n) is 11.7. The van der Waals surface area contributed by atoms with Gasteiger partial charge in [0, 0.05) is 29.2 Å². The molecule has 0 aliphatic carbocycles. The number of carbonyl (C=O) groups is 1. The number of halogens is 4. The molecule has 7 heteroatoms. The summed E-state index contributed by atoms with van der Waals surface area (Å²) in [6.45, 7) is 1.11. The van der Waals surface area contributed by atoms with Crippen LogP contribution in [0.1, 0.15) is 22.3 Å². The lowest BCUT2D eigenvalue weighted by Crippen LogP contribution is -2.34. The first-order valence-electron chi connectivity index (χ1n) is 6.52. The molecular weight excluding hydrogens is 349 g/mol. The Morgan fingerprint density at radius 3 is 2.57 bits per heavy atom. The molecule has 1 heterocycles. The zero-order chi connectivity index (χ0) is 15.8. The second kappa shape index (κ2) is 5.96. The number of carbonyl (C=O) groups excluding carboxylic acids is 1. The first kappa shape index (κ1) is 16.3. The molecule has 21 heavy (non-hydrogen) atoms. The molecule has 1 aliphatic heterocycles. The van der Waals surface area contributed by atoms with Gasteiger partial charge in [0.25, 0.3) is 5.91 Å². The van der Waals surface area contributed by atoms with Gasteiger partial charge in [0.05, 0.1) is 5.56 Å². The summed E-state index contributed by atoms with van der Waals surface area (Å²) in [6.07, 6.45) is -3.65. The van der Waals surface area contributed by atoms with E-state index < -0.39 is 11.7 Å². The molecule has 0 bridgehead atoms. The quantitative estimate of drug-likeness (QED) is 0.804. The number of hydrogen-bond acceptors (Lipinski definition) is 2. The Morgan fingerprint density at radius 1 is 1.38 bits per heavy atom. The number of benzene rings is 1. The van der Waals surface area contributed by atoms with Crippen molar-refractivity contribution >= 4 is 21.8 Å². The Morgan fingerprint density at radius 2 is 2.05 bits per heavy atom. The Labute approximate surface area is 129 Å². The number of hydrogen-bond donors (Lipinski definition) is 0. The fraction of sp³-hybridized carbons (Fsp3) is 0.500. The van der Waals surface area contributed by atoms with E-state index in [2.05, 4.69) is 15.9 Å². The van der Waals surface area contributed by atoms with Crippen LogP contribution in [0.15, 0.2) is 22.7 Å². The van der Waals surface area contributed by atoms with E-state index in [9.17, 15) is 18.0 Å². The van der Waals surface area contributed by atoms with Gasteiger partial charge in [0.15, 0.2) is 0 Å². The summed E-state index contributed by atoms with van der Waals surface area (Å²) in [5, 5.41) is 0. The fourth-order valence-electron chi connectivity index (χ4n) is 2.41. The molecule has 1 aliphatic rings. The Balaban J connectivity index is 2.21. The summed E-state index contributed by atoms with van der Waals surface area (Å²) in [6, 6.07) is 3.86. The fourth-order valence-corrected chi connectivity index (χ4v) is 2.88. The van der Waals surface area contributed by atoms with Crippen LogP contribution in [0.4, 0.5) is 13.2 Å². The van der Waals surface area contributed by atoms with Crippen molar-refractivity contribution in [3.8, 4) is 0 Å². The lowest BCUT2D eigenvalue weighted by molar-refractivity contribution is -0.138. The van der Waals surface area contributed by atoms with Gasteiger partial charge in [-0.15, -0.1) is 0 Å². The number of alkyl halides is 3. The summed E-state index contributed by atoms with van der Waals surface area (Å²) in [5.74, 6) is -0.350. The van der Waals surface area contributed by atoms with E-state index in [1.807, 2.05) is 19.0 Å². The largest absolute Gasteiger partial charge is 0.417 e. The molecule has 3 nitrogen and oxygen atoms in total. The van der Waals surface area contributed by atoms with E-state index in [1.54, 1.807) is 4.90 Å².